The van der Waals surface area contributed by atoms with Gasteiger partial charge < -0.3 is 15.9 Å². The van der Waals surface area contributed by atoms with Crippen molar-refractivity contribution in [1.29, 1.82) is 0 Å². The molecule has 0 aliphatic carbocycles. The van der Waals surface area contributed by atoms with Crippen LogP contribution in [0.5, 0.6) is 0 Å². The van der Waals surface area contributed by atoms with E-state index in [1.807, 2.05) is 0 Å². The molecule has 0 amide bonds. The third-order valence-corrected chi connectivity index (χ3v) is 1.88. The zero-order valence-corrected chi connectivity index (χ0v) is 7.60. The fraction of sp³-hybridized carbons (Fsp3) is 0.500. The number of aromatic nitrogens is 2. The molecule has 1 heterocycles. The summed E-state index contributed by atoms with van der Waals surface area (Å²) in [5, 5.41) is 17.7. The number of anilines is 1. The Morgan fingerprint density at radius 2 is 2.36 bits per heavy atom. The summed E-state index contributed by atoms with van der Waals surface area (Å²) in [5.41, 5.74) is 5.68. The first-order valence-corrected chi connectivity index (χ1v) is 4.26. The number of aliphatic hydroxyl groups is 2. The van der Waals surface area contributed by atoms with Crippen LogP contribution in [0.4, 0.5) is 5.82 Å². The number of nitrogens with one attached hydrogen (secondary N) is 1. The SMILES string of the molecule is Nc1[nH]c(=O)ncc1CCC(O)CO. The number of aryl methyl sites for hydroxylation is 1. The van der Waals surface area contributed by atoms with Crippen LogP contribution in [0.25, 0.3) is 0 Å². The van der Waals surface area contributed by atoms with Crippen LogP contribution in [0, 0.1) is 0 Å². The van der Waals surface area contributed by atoms with E-state index in [0.717, 1.165) is 0 Å². The molecule has 0 aromatic carbocycles. The van der Waals surface area contributed by atoms with Crippen molar-refractivity contribution in [3.63, 3.8) is 0 Å². The zero-order chi connectivity index (χ0) is 10.6. The highest BCUT2D eigenvalue weighted by atomic mass is 16.3. The first kappa shape index (κ1) is 10.7. The molecule has 78 valence electrons. The van der Waals surface area contributed by atoms with Crippen LogP contribution in [0.1, 0.15) is 12.0 Å². The molecule has 1 atom stereocenters. The van der Waals surface area contributed by atoms with Crippen molar-refractivity contribution >= 4 is 5.82 Å². The molecule has 1 aromatic rings. The lowest BCUT2D eigenvalue weighted by Crippen LogP contribution is -2.16. The fourth-order valence-electron chi connectivity index (χ4n) is 1.05. The molecule has 0 spiro atoms. The highest BCUT2D eigenvalue weighted by molar-refractivity contribution is 5.36. The van der Waals surface area contributed by atoms with Crippen molar-refractivity contribution in [3.05, 3.63) is 22.2 Å². The van der Waals surface area contributed by atoms with Crippen LogP contribution in [0.3, 0.4) is 0 Å². The van der Waals surface area contributed by atoms with Crippen LogP contribution in [-0.4, -0.2) is 32.9 Å². The smallest absolute Gasteiger partial charge is 0.346 e. The predicted molar refractivity (Wildman–Crippen MR) is 50.7 cm³/mol. The maximum absolute atomic E-state index is 10.7. The van der Waals surface area contributed by atoms with Gasteiger partial charge in [-0.1, -0.05) is 0 Å². The molecule has 5 N–H and O–H groups in total. The van der Waals surface area contributed by atoms with Gasteiger partial charge in [-0.05, 0) is 12.8 Å². The molecule has 0 aliphatic rings. The van der Waals surface area contributed by atoms with Crippen LogP contribution in [-0.2, 0) is 6.42 Å². The van der Waals surface area contributed by atoms with Crippen molar-refractivity contribution < 1.29 is 10.2 Å². The van der Waals surface area contributed by atoms with E-state index in [0.29, 0.717) is 18.4 Å². The van der Waals surface area contributed by atoms with E-state index in [9.17, 15) is 4.79 Å². The molecule has 0 saturated heterocycles. The highest BCUT2D eigenvalue weighted by Gasteiger charge is 2.05. The molecule has 0 bridgehead atoms. The molecular formula is C8H13N3O3. The summed E-state index contributed by atoms with van der Waals surface area (Å²) < 4.78 is 0. The highest BCUT2D eigenvalue weighted by Crippen LogP contribution is 2.08. The minimum absolute atomic E-state index is 0.259. The van der Waals surface area contributed by atoms with Crippen LogP contribution < -0.4 is 11.4 Å². The Balaban J connectivity index is 2.63. The van der Waals surface area contributed by atoms with Gasteiger partial charge >= 0.3 is 5.69 Å². The second-order valence-corrected chi connectivity index (χ2v) is 3.00. The summed E-state index contributed by atoms with van der Waals surface area (Å²) in [5.74, 6) is 0.259. The van der Waals surface area contributed by atoms with Crippen molar-refractivity contribution in [1.82, 2.24) is 9.97 Å². The average Bonchev–Trinajstić information content (AvgIpc) is 2.16. The molecule has 1 unspecified atom stereocenters. The van der Waals surface area contributed by atoms with Crippen molar-refractivity contribution in [3.8, 4) is 0 Å². The number of H-pyrrole nitrogens is 1. The topological polar surface area (TPSA) is 112 Å². The Bertz CT molecular complexity index is 350. The lowest BCUT2D eigenvalue weighted by Gasteiger charge is -2.07. The zero-order valence-electron chi connectivity index (χ0n) is 7.60. The summed E-state index contributed by atoms with van der Waals surface area (Å²) in [6.45, 7) is -0.281. The third kappa shape index (κ3) is 2.82. The Labute approximate surface area is 80.4 Å². The predicted octanol–water partition coefficient (Wildman–Crippen LogP) is -1.36. The van der Waals surface area contributed by atoms with Gasteiger partial charge in [0.25, 0.3) is 0 Å². The van der Waals surface area contributed by atoms with Crippen LogP contribution in [0.15, 0.2) is 11.0 Å². The van der Waals surface area contributed by atoms with Gasteiger partial charge in [0.2, 0.25) is 0 Å². The number of nitrogen functional groups attached to an aromatic ring is 1. The van der Waals surface area contributed by atoms with Crippen molar-refractivity contribution in [2.45, 2.75) is 18.9 Å². The maximum Gasteiger partial charge on any atom is 0.346 e. The van der Waals surface area contributed by atoms with Crippen molar-refractivity contribution in [2.75, 3.05) is 12.3 Å². The number of aliphatic hydroxyl groups excluding tert-OH is 2. The minimum Gasteiger partial charge on any atom is -0.394 e. The Morgan fingerprint density at radius 3 is 2.93 bits per heavy atom. The number of nitrogens with two attached hydrogens (primary N) is 1. The van der Waals surface area contributed by atoms with Gasteiger partial charge in [0, 0.05) is 11.8 Å². The second kappa shape index (κ2) is 4.73. The quantitative estimate of drug-likeness (QED) is 0.478. The monoisotopic (exact) mass is 199 g/mol. The lowest BCUT2D eigenvalue weighted by atomic mass is 10.1. The van der Waals surface area contributed by atoms with Gasteiger partial charge in [-0.3, -0.25) is 4.98 Å². The normalized spacial score (nSPS) is 12.7. The second-order valence-electron chi connectivity index (χ2n) is 3.00. The molecule has 6 nitrogen and oxygen atoms in total. The van der Waals surface area contributed by atoms with Gasteiger partial charge in [0.1, 0.15) is 5.82 Å². The molecule has 14 heavy (non-hydrogen) atoms. The van der Waals surface area contributed by atoms with Crippen molar-refractivity contribution in [2.24, 2.45) is 0 Å². The first-order valence-electron chi connectivity index (χ1n) is 4.26. The molecule has 0 saturated carbocycles. The van der Waals surface area contributed by atoms with Crippen LogP contribution >= 0.6 is 0 Å². The van der Waals surface area contributed by atoms with Gasteiger partial charge in [0.15, 0.2) is 0 Å². The largest absolute Gasteiger partial charge is 0.394 e. The molecule has 0 aliphatic heterocycles. The number of rotatable bonds is 4. The number of nitrogens with zero attached hydrogens (tertiary/aromatic N) is 1. The Morgan fingerprint density at radius 1 is 1.64 bits per heavy atom. The molecule has 1 aromatic heterocycles. The Kier molecular flexibility index (Phi) is 3.61. The fourth-order valence-corrected chi connectivity index (χ4v) is 1.05. The van der Waals surface area contributed by atoms with E-state index < -0.39 is 11.8 Å². The lowest BCUT2D eigenvalue weighted by molar-refractivity contribution is 0.0886. The number of aromatic amines is 1. The molecule has 6 heteroatoms. The molecule has 0 radical (unpaired) electrons. The molecule has 1 rings (SSSR count). The first-order chi connectivity index (χ1) is 6.63. The Hall–Kier alpha value is -1.40. The van der Waals surface area contributed by atoms with Gasteiger partial charge in [-0.15, -0.1) is 0 Å². The van der Waals surface area contributed by atoms with Gasteiger partial charge in [0.05, 0.1) is 12.7 Å². The summed E-state index contributed by atoms with van der Waals surface area (Å²) in [6, 6.07) is 0. The van der Waals surface area contributed by atoms with E-state index in [-0.39, 0.29) is 12.4 Å². The summed E-state index contributed by atoms with van der Waals surface area (Å²) in [7, 11) is 0. The number of hydrogen-bond donors (Lipinski definition) is 4. The van der Waals surface area contributed by atoms with E-state index >= 15 is 0 Å². The van der Waals surface area contributed by atoms with Gasteiger partial charge in [-0.25, -0.2) is 9.78 Å². The number of hydrogen-bond acceptors (Lipinski definition) is 5. The van der Waals surface area contributed by atoms with E-state index in [1.54, 1.807) is 0 Å². The summed E-state index contributed by atoms with van der Waals surface area (Å²) in [4.78, 5) is 16.6. The molecular weight excluding hydrogens is 186 g/mol. The summed E-state index contributed by atoms with van der Waals surface area (Å²) >= 11 is 0. The summed E-state index contributed by atoms with van der Waals surface area (Å²) in [6.07, 6.45) is 1.46. The average molecular weight is 199 g/mol. The standard InChI is InChI=1S/C8H13N3O3/c9-7-5(1-2-6(13)4-12)3-10-8(14)11-7/h3,6,12-13H,1-2,4H2,(H3,9,10,11,14). The maximum atomic E-state index is 10.7. The van der Waals surface area contributed by atoms with E-state index in [1.165, 1.54) is 6.20 Å². The third-order valence-electron chi connectivity index (χ3n) is 1.88. The van der Waals surface area contributed by atoms with Crippen LogP contribution in [0.2, 0.25) is 0 Å². The molecule has 0 fully saturated rings. The van der Waals surface area contributed by atoms with E-state index in [2.05, 4.69) is 9.97 Å². The minimum atomic E-state index is -0.763. The van der Waals surface area contributed by atoms with Gasteiger partial charge in [-0.2, -0.15) is 0 Å². The van der Waals surface area contributed by atoms with E-state index in [4.69, 9.17) is 15.9 Å².